The molecule has 86 valence electrons. The second kappa shape index (κ2) is 13.5. The second-order valence-corrected chi connectivity index (χ2v) is 3.13. The van der Waals surface area contributed by atoms with Crippen LogP contribution in [0.25, 0.3) is 6.08 Å². The van der Waals surface area contributed by atoms with Crippen LogP contribution in [0.5, 0.6) is 0 Å². The summed E-state index contributed by atoms with van der Waals surface area (Å²) in [6.07, 6.45) is 3.56. The molecular weight excluding hydrogens is 216 g/mol. The Morgan fingerprint density at radius 2 is 1.50 bits per heavy atom. The lowest BCUT2D eigenvalue weighted by Gasteiger charge is -1.85. The van der Waals surface area contributed by atoms with Crippen molar-refractivity contribution >= 4 is 17.7 Å². The molecule has 0 atom stereocenters. The van der Waals surface area contributed by atoms with Crippen LogP contribution in [-0.4, -0.2) is 0 Å². The van der Waals surface area contributed by atoms with E-state index in [9.17, 15) is 0 Å². The summed E-state index contributed by atoms with van der Waals surface area (Å²) in [5, 5.41) is 0. The molecule has 0 saturated heterocycles. The Hall–Kier alpha value is -1.53. The first kappa shape index (κ1) is 16.9. The molecule has 1 aromatic rings. The minimum absolute atomic E-state index is 1.02. The lowest BCUT2D eigenvalue weighted by atomic mass is 10.2. The largest absolute Gasteiger partial charge is 0.0988 e. The van der Waals surface area contributed by atoms with E-state index in [2.05, 4.69) is 26.3 Å². The molecule has 0 aliphatic carbocycles. The van der Waals surface area contributed by atoms with Crippen molar-refractivity contribution in [3.05, 3.63) is 79.4 Å². The van der Waals surface area contributed by atoms with Crippen LogP contribution in [0.3, 0.4) is 0 Å². The first-order chi connectivity index (χ1) is 7.62. The zero-order valence-electron chi connectivity index (χ0n) is 9.83. The Kier molecular flexibility index (Phi) is 14.2. The van der Waals surface area contributed by atoms with Gasteiger partial charge in [-0.2, -0.15) is 0 Å². The van der Waals surface area contributed by atoms with Crippen LogP contribution in [0.2, 0.25) is 0 Å². The molecule has 16 heavy (non-hydrogen) atoms. The lowest BCUT2D eigenvalue weighted by Crippen LogP contribution is -1.63. The third-order valence-corrected chi connectivity index (χ3v) is 1.38. The number of hydrogen-bond donors (Lipinski definition) is 0. The van der Waals surface area contributed by atoms with Crippen molar-refractivity contribution in [2.24, 2.45) is 0 Å². The molecule has 0 nitrogen and oxygen atoms in total. The summed E-state index contributed by atoms with van der Waals surface area (Å²) in [5.74, 6) is 0. The normalized spacial score (nSPS) is 7.12. The molecule has 1 aromatic carbocycles. The molecule has 0 unspecified atom stereocenters. The first-order valence-electron chi connectivity index (χ1n) is 4.78. The summed E-state index contributed by atoms with van der Waals surface area (Å²) in [4.78, 5) is 0. The predicted molar refractivity (Wildman–Crippen MR) is 77.6 cm³/mol. The van der Waals surface area contributed by atoms with Crippen LogP contribution in [0, 0.1) is 0 Å². The van der Waals surface area contributed by atoms with Crippen LogP contribution in [0.1, 0.15) is 12.5 Å². The average molecular weight is 235 g/mol. The third kappa shape index (κ3) is 15.0. The fraction of sp³-hybridized carbons (Fsp3) is 0.0667. The van der Waals surface area contributed by atoms with Gasteiger partial charge in [0, 0.05) is 0 Å². The maximum atomic E-state index is 4.76. The zero-order chi connectivity index (χ0) is 12.8. The molecule has 0 heterocycles. The summed E-state index contributed by atoms with van der Waals surface area (Å²) in [6, 6.07) is 10.0. The molecule has 0 fully saturated rings. The first-order valence-corrected chi connectivity index (χ1v) is 5.22. The molecular formula is C15H19Cl. The van der Waals surface area contributed by atoms with Crippen molar-refractivity contribution in [3.8, 4) is 0 Å². The number of halogens is 1. The van der Waals surface area contributed by atoms with Gasteiger partial charge in [-0.15, -0.1) is 0 Å². The van der Waals surface area contributed by atoms with E-state index < -0.39 is 0 Å². The molecule has 1 heteroatoms. The molecule has 1 rings (SSSR count). The van der Waals surface area contributed by atoms with Gasteiger partial charge in [0.2, 0.25) is 0 Å². The molecule has 0 aliphatic heterocycles. The van der Waals surface area contributed by atoms with Crippen molar-refractivity contribution < 1.29 is 0 Å². The van der Waals surface area contributed by atoms with Gasteiger partial charge < -0.3 is 0 Å². The number of rotatable bonds is 2. The minimum Gasteiger partial charge on any atom is -0.0988 e. The Morgan fingerprint density at radius 3 is 1.69 bits per heavy atom. The van der Waals surface area contributed by atoms with Gasteiger partial charge in [0.25, 0.3) is 0 Å². The topological polar surface area (TPSA) is 0 Å². The minimum atomic E-state index is 1.02. The van der Waals surface area contributed by atoms with Gasteiger partial charge in [-0.05, 0) is 18.0 Å². The Balaban J connectivity index is 0. The van der Waals surface area contributed by atoms with Crippen molar-refractivity contribution in [3.63, 3.8) is 0 Å². The SMILES string of the molecule is C=CC(=C)C.C=CCl.C=Cc1ccccc1. The number of benzene rings is 1. The number of hydrogen-bond acceptors (Lipinski definition) is 0. The highest BCUT2D eigenvalue weighted by atomic mass is 35.5. The Labute approximate surface area is 104 Å². The fourth-order valence-electron chi connectivity index (χ4n) is 0.589. The Bertz CT molecular complexity index is 309. The predicted octanol–water partition coefficient (Wildman–Crippen LogP) is 5.45. The van der Waals surface area contributed by atoms with Gasteiger partial charge in [-0.1, -0.05) is 86.0 Å². The quantitative estimate of drug-likeness (QED) is 0.597. The van der Waals surface area contributed by atoms with Gasteiger partial charge in [0.1, 0.15) is 0 Å². The van der Waals surface area contributed by atoms with Gasteiger partial charge in [0.05, 0.1) is 0 Å². The van der Waals surface area contributed by atoms with E-state index in [1.165, 1.54) is 11.1 Å². The maximum absolute atomic E-state index is 4.76. The molecule has 0 saturated carbocycles. The van der Waals surface area contributed by atoms with E-state index in [-0.39, 0.29) is 0 Å². The van der Waals surface area contributed by atoms with Crippen LogP contribution in [-0.2, 0) is 0 Å². The highest BCUT2D eigenvalue weighted by molar-refractivity contribution is 6.25. The van der Waals surface area contributed by atoms with Crippen LogP contribution < -0.4 is 0 Å². The molecule has 0 aromatic heterocycles. The van der Waals surface area contributed by atoms with Gasteiger partial charge in [-0.3, -0.25) is 0 Å². The summed E-state index contributed by atoms with van der Waals surface area (Å²) >= 11 is 4.76. The van der Waals surface area contributed by atoms with E-state index >= 15 is 0 Å². The Morgan fingerprint density at radius 1 is 1.12 bits per heavy atom. The monoisotopic (exact) mass is 234 g/mol. The zero-order valence-corrected chi connectivity index (χ0v) is 10.6. The highest BCUT2D eigenvalue weighted by Gasteiger charge is 1.75. The third-order valence-electron chi connectivity index (χ3n) is 1.38. The van der Waals surface area contributed by atoms with Crippen molar-refractivity contribution in [2.75, 3.05) is 0 Å². The smallest absolute Gasteiger partial charge is 0.00296 e. The molecule has 0 N–H and O–H groups in total. The molecule has 0 bridgehead atoms. The van der Waals surface area contributed by atoms with Crippen molar-refractivity contribution in [2.45, 2.75) is 6.92 Å². The van der Waals surface area contributed by atoms with E-state index in [1.807, 2.05) is 43.3 Å². The lowest BCUT2D eigenvalue weighted by molar-refractivity contribution is 1.58. The summed E-state index contributed by atoms with van der Waals surface area (Å²) in [5.41, 5.74) is 3.41. The van der Waals surface area contributed by atoms with Gasteiger partial charge >= 0.3 is 0 Å². The van der Waals surface area contributed by atoms with Gasteiger partial charge in [-0.25, -0.2) is 0 Å². The van der Waals surface area contributed by atoms with Crippen LogP contribution in [0.15, 0.2) is 73.8 Å². The van der Waals surface area contributed by atoms with E-state index in [0.29, 0.717) is 0 Å². The standard InChI is InChI=1S/C8H8.C5H8.C2H3Cl/c1-2-8-6-4-3-5-7-8;1-4-5(2)3;1-2-3/h2-7H,1H2;4H,1-2H2,3H3;2H,1H2. The van der Waals surface area contributed by atoms with E-state index in [4.69, 9.17) is 11.6 Å². The van der Waals surface area contributed by atoms with Crippen LogP contribution in [0.4, 0.5) is 0 Å². The van der Waals surface area contributed by atoms with E-state index in [0.717, 1.165) is 5.57 Å². The molecule has 0 aliphatic rings. The highest BCUT2D eigenvalue weighted by Crippen LogP contribution is 1.97. The summed E-state index contributed by atoms with van der Waals surface area (Å²) in [7, 11) is 0. The average Bonchev–Trinajstić information content (AvgIpc) is 2.32. The van der Waals surface area contributed by atoms with Crippen molar-refractivity contribution in [1.82, 2.24) is 0 Å². The molecule has 0 radical (unpaired) electrons. The molecule has 0 amide bonds. The maximum Gasteiger partial charge on any atom is -0.00296 e. The molecule has 0 spiro atoms. The summed E-state index contributed by atoms with van der Waals surface area (Å²) < 4.78 is 0. The second-order valence-electron chi connectivity index (χ2n) is 2.82. The van der Waals surface area contributed by atoms with Crippen molar-refractivity contribution in [1.29, 1.82) is 0 Å². The van der Waals surface area contributed by atoms with E-state index in [1.54, 1.807) is 6.08 Å². The number of allylic oxidation sites excluding steroid dienone is 2. The van der Waals surface area contributed by atoms with Gasteiger partial charge in [0.15, 0.2) is 0 Å². The fourth-order valence-corrected chi connectivity index (χ4v) is 0.589. The van der Waals surface area contributed by atoms with Crippen LogP contribution >= 0.6 is 11.6 Å². The summed E-state index contributed by atoms with van der Waals surface area (Å²) in [6.45, 7) is 15.7.